The Hall–Kier alpha value is -0.890. The number of methoxy groups -OCH3 is 1. The van der Waals surface area contributed by atoms with Crippen LogP contribution < -0.4 is 10.1 Å². The number of rotatable bonds is 1. The highest BCUT2D eigenvalue weighted by Crippen LogP contribution is 2.38. The highest BCUT2D eigenvalue weighted by atomic mass is 35.5. The average molecular weight is 212 g/mol. The molecule has 0 saturated heterocycles. The molecule has 2 nitrogen and oxygen atoms in total. The molecule has 0 aliphatic carbocycles. The lowest BCUT2D eigenvalue weighted by molar-refractivity contribution is 0.415. The van der Waals surface area contributed by atoms with Gasteiger partial charge in [-0.25, -0.2) is 0 Å². The molecule has 1 aromatic carbocycles. The van der Waals surface area contributed by atoms with Crippen molar-refractivity contribution < 1.29 is 4.74 Å². The van der Waals surface area contributed by atoms with Gasteiger partial charge in [0.05, 0.1) is 12.1 Å². The summed E-state index contributed by atoms with van der Waals surface area (Å²) in [7, 11) is 1.64. The van der Waals surface area contributed by atoms with E-state index >= 15 is 0 Å². The second-order valence-electron chi connectivity index (χ2n) is 3.69. The molecule has 76 valence electrons. The molecule has 1 aliphatic heterocycles. The Morgan fingerprint density at radius 2 is 2.29 bits per heavy atom. The maximum Gasteiger partial charge on any atom is 0.139 e. The third-order valence-electron chi connectivity index (χ3n) is 2.75. The van der Waals surface area contributed by atoms with Crippen molar-refractivity contribution in [3.8, 4) is 5.75 Å². The van der Waals surface area contributed by atoms with Crippen molar-refractivity contribution in [2.24, 2.45) is 0 Å². The van der Waals surface area contributed by atoms with Gasteiger partial charge in [0.1, 0.15) is 5.75 Å². The van der Waals surface area contributed by atoms with Crippen LogP contribution in [0.1, 0.15) is 24.8 Å². The second kappa shape index (κ2) is 3.70. The monoisotopic (exact) mass is 211 g/mol. The first-order valence-corrected chi connectivity index (χ1v) is 5.21. The van der Waals surface area contributed by atoms with Gasteiger partial charge in [-0.05, 0) is 24.0 Å². The second-order valence-corrected chi connectivity index (χ2v) is 4.10. The number of fused-ring (bicyclic) bond motifs is 1. The van der Waals surface area contributed by atoms with Crippen molar-refractivity contribution >= 4 is 17.3 Å². The first-order chi connectivity index (χ1) is 6.72. The smallest absolute Gasteiger partial charge is 0.139 e. The van der Waals surface area contributed by atoms with Crippen LogP contribution in [-0.4, -0.2) is 13.7 Å². The Labute approximate surface area is 89.2 Å². The van der Waals surface area contributed by atoms with Gasteiger partial charge in [0.15, 0.2) is 0 Å². The summed E-state index contributed by atoms with van der Waals surface area (Å²) in [6.45, 7) is 3.25. The number of hydrogen-bond acceptors (Lipinski definition) is 2. The van der Waals surface area contributed by atoms with Crippen molar-refractivity contribution in [1.29, 1.82) is 0 Å². The number of benzene rings is 1. The summed E-state index contributed by atoms with van der Waals surface area (Å²) >= 11 is 6.07. The molecule has 0 radical (unpaired) electrons. The van der Waals surface area contributed by atoms with E-state index in [4.69, 9.17) is 16.3 Å². The lowest BCUT2D eigenvalue weighted by Gasteiger charge is -2.24. The topological polar surface area (TPSA) is 21.3 Å². The van der Waals surface area contributed by atoms with Gasteiger partial charge in [-0.15, -0.1) is 0 Å². The molecule has 2 rings (SSSR count). The van der Waals surface area contributed by atoms with Crippen LogP contribution in [0.15, 0.2) is 12.1 Å². The minimum absolute atomic E-state index is 0.578. The molecular weight excluding hydrogens is 198 g/mol. The summed E-state index contributed by atoms with van der Waals surface area (Å²) in [5.74, 6) is 1.32. The minimum atomic E-state index is 0.578. The minimum Gasteiger partial charge on any atom is -0.495 e. The van der Waals surface area contributed by atoms with E-state index in [-0.39, 0.29) is 0 Å². The lowest BCUT2D eigenvalue weighted by atomic mass is 9.93. The zero-order valence-corrected chi connectivity index (χ0v) is 9.19. The summed E-state index contributed by atoms with van der Waals surface area (Å²) in [4.78, 5) is 0. The molecule has 1 atom stereocenters. The summed E-state index contributed by atoms with van der Waals surface area (Å²) < 4.78 is 5.17. The van der Waals surface area contributed by atoms with Gasteiger partial charge in [-0.3, -0.25) is 0 Å². The Bertz CT molecular complexity index is 351. The number of nitrogens with one attached hydrogen (secondary N) is 1. The van der Waals surface area contributed by atoms with E-state index in [1.807, 2.05) is 12.1 Å². The molecule has 0 aromatic heterocycles. The van der Waals surface area contributed by atoms with Gasteiger partial charge < -0.3 is 10.1 Å². The first kappa shape index (κ1) is 9.66. The normalized spacial score (nSPS) is 19.8. The molecule has 3 heteroatoms. The van der Waals surface area contributed by atoms with Crippen molar-refractivity contribution in [2.45, 2.75) is 19.3 Å². The Morgan fingerprint density at radius 3 is 3.00 bits per heavy atom. The Morgan fingerprint density at radius 1 is 1.50 bits per heavy atom. The van der Waals surface area contributed by atoms with Crippen LogP contribution in [0.25, 0.3) is 0 Å². The van der Waals surface area contributed by atoms with Gasteiger partial charge in [-0.1, -0.05) is 18.5 Å². The van der Waals surface area contributed by atoms with Crippen LogP contribution in [0.3, 0.4) is 0 Å². The molecular formula is C11H14ClNO. The summed E-state index contributed by atoms with van der Waals surface area (Å²) in [6, 6.07) is 3.99. The highest BCUT2D eigenvalue weighted by Gasteiger charge is 2.18. The molecule has 0 saturated carbocycles. The van der Waals surface area contributed by atoms with E-state index in [1.165, 1.54) is 5.56 Å². The van der Waals surface area contributed by atoms with Gasteiger partial charge in [0.25, 0.3) is 0 Å². The lowest BCUT2D eigenvalue weighted by Crippen LogP contribution is -2.14. The summed E-state index contributed by atoms with van der Waals surface area (Å²) in [5, 5.41) is 4.05. The fraction of sp³-hybridized carbons (Fsp3) is 0.455. The van der Waals surface area contributed by atoms with Crippen LogP contribution in [0.2, 0.25) is 5.02 Å². The zero-order valence-electron chi connectivity index (χ0n) is 8.43. The van der Waals surface area contributed by atoms with E-state index in [2.05, 4.69) is 12.2 Å². The van der Waals surface area contributed by atoms with Crippen LogP contribution in [0.4, 0.5) is 5.69 Å². The summed E-state index contributed by atoms with van der Waals surface area (Å²) in [5.41, 5.74) is 2.45. The Balaban J connectivity index is 2.48. The molecule has 0 fully saturated rings. The van der Waals surface area contributed by atoms with Gasteiger partial charge in [0, 0.05) is 18.3 Å². The molecule has 1 heterocycles. The molecule has 0 spiro atoms. The SMILES string of the molecule is COc1cc2c(cc1Cl)C(C)CCN2. The molecule has 14 heavy (non-hydrogen) atoms. The standard InChI is InChI=1S/C11H14ClNO/c1-7-3-4-13-10-6-11(14-2)9(12)5-8(7)10/h5-7,13H,3-4H2,1-2H3. The first-order valence-electron chi connectivity index (χ1n) is 4.83. The predicted molar refractivity (Wildman–Crippen MR) is 59.5 cm³/mol. The summed E-state index contributed by atoms with van der Waals surface area (Å²) in [6.07, 6.45) is 1.16. The highest BCUT2D eigenvalue weighted by molar-refractivity contribution is 6.32. The fourth-order valence-corrected chi connectivity index (χ4v) is 2.11. The maximum atomic E-state index is 6.07. The van der Waals surface area contributed by atoms with E-state index < -0.39 is 0 Å². The number of ether oxygens (including phenoxy) is 1. The van der Waals surface area contributed by atoms with Crippen molar-refractivity contribution in [1.82, 2.24) is 0 Å². The Kier molecular flexibility index (Phi) is 2.55. The van der Waals surface area contributed by atoms with Crippen molar-refractivity contribution in [3.63, 3.8) is 0 Å². The van der Waals surface area contributed by atoms with Gasteiger partial charge in [0.2, 0.25) is 0 Å². The zero-order chi connectivity index (χ0) is 10.1. The van der Waals surface area contributed by atoms with Crippen molar-refractivity contribution in [2.75, 3.05) is 19.0 Å². The molecule has 1 N–H and O–H groups in total. The quantitative estimate of drug-likeness (QED) is 0.770. The molecule has 1 aromatic rings. The number of anilines is 1. The maximum absolute atomic E-state index is 6.07. The molecule has 0 bridgehead atoms. The van der Waals surface area contributed by atoms with Crippen LogP contribution >= 0.6 is 11.6 Å². The third-order valence-corrected chi connectivity index (χ3v) is 3.04. The van der Waals surface area contributed by atoms with Crippen LogP contribution in [0, 0.1) is 0 Å². The van der Waals surface area contributed by atoms with Gasteiger partial charge in [-0.2, -0.15) is 0 Å². The van der Waals surface area contributed by atoms with E-state index in [1.54, 1.807) is 7.11 Å². The molecule has 1 aliphatic rings. The number of halogens is 1. The van der Waals surface area contributed by atoms with Crippen LogP contribution in [-0.2, 0) is 0 Å². The largest absolute Gasteiger partial charge is 0.495 e. The molecule has 0 amide bonds. The average Bonchev–Trinajstić information content (AvgIpc) is 2.19. The van der Waals surface area contributed by atoms with E-state index in [9.17, 15) is 0 Å². The predicted octanol–water partition coefficient (Wildman–Crippen LogP) is 3.27. The molecule has 1 unspecified atom stereocenters. The van der Waals surface area contributed by atoms with Crippen molar-refractivity contribution in [3.05, 3.63) is 22.7 Å². The van der Waals surface area contributed by atoms with E-state index in [0.29, 0.717) is 10.9 Å². The fourth-order valence-electron chi connectivity index (χ4n) is 1.86. The number of hydrogen-bond donors (Lipinski definition) is 1. The van der Waals surface area contributed by atoms with E-state index in [0.717, 1.165) is 24.4 Å². The third kappa shape index (κ3) is 1.55. The van der Waals surface area contributed by atoms with Crippen LogP contribution in [0.5, 0.6) is 5.75 Å². The van der Waals surface area contributed by atoms with Gasteiger partial charge >= 0.3 is 0 Å².